The minimum absolute atomic E-state index is 0.0964. The maximum atomic E-state index is 13.0. The Morgan fingerprint density at radius 2 is 1.80 bits per heavy atom. The van der Waals surface area contributed by atoms with Crippen LogP contribution in [0.1, 0.15) is 18.4 Å². The molecule has 1 aromatic heterocycles. The van der Waals surface area contributed by atoms with Crippen molar-refractivity contribution in [2.45, 2.75) is 26.0 Å². The number of likely N-dealkylation sites (tertiary alicyclic amines) is 1. The summed E-state index contributed by atoms with van der Waals surface area (Å²) in [7, 11) is 0. The highest BCUT2D eigenvalue weighted by Gasteiger charge is 2.29. The molecule has 3 aromatic rings. The minimum atomic E-state index is -0.390. The van der Waals surface area contributed by atoms with Crippen molar-refractivity contribution in [3.8, 4) is 11.3 Å². The zero-order valence-electron chi connectivity index (χ0n) is 19.0. The Morgan fingerprint density at radius 1 is 1.11 bits per heavy atom. The Hall–Kier alpha value is -2.88. The fourth-order valence-corrected chi connectivity index (χ4v) is 4.30. The quantitative estimate of drug-likeness (QED) is 0.426. The predicted molar refractivity (Wildman–Crippen MR) is 137 cm³/mol. The van der Waals surface area contributed by atoms with E-state index >= 15 is 0 Å². The summed E-state index contributed by atoms with van der Waals surface area (Å²) in [6, 6.07) is 16.7. The monoisotopic (exact) mass is 560 g/mol. The number of ether oxygens (including phenoxy) is 1. The molecule has 1 fully saturated rings. The third-order valence-corrected chi connectivity index (χ3v) is 6.66. The highest BCUT2D eigenvalue weighted by molar-refractivity contribution is 9.10. The van der Waals surface area contributed by atoms with E-state index in [1.54, 1.807) is 27.8 Å². The lowest BCUT2D eigenvalue weighted by atomic mass is 9.96. The molecule has 2 N–H and O–H groups in total. The van der Waals surface area contributed by atoms with Crippen LogP contribution in [0.25, 0.3) is 11.3 Å². The molecule has 2 amide bonds. The number of benzene rings is 2. The molecular formula is C25H26BrClN4O4. The molecule has 0 spiro atoms. The Balaban J connectivity index is 1.31. The van der Waals surface area contributed by atoms with Crippen LogP contribution in [-0.4, -0.2) is 51.5 Å². The SMILES string of the molecule is O=C(Nc1cc(-c2ccc(Br)cc2)nn1CCO)C1CCN(C(=O)OCc2ccc(Cl)cc2)CC1. The lowest BCUT2D eigenvalue weighted by molar-refractivity contribution is -0.121. The molecule has 1 saturated heterocycles. The number of rotatable bonds is 7. The molecule has 1 aliphatic heterocycles. The van der Waals surface area contributed by atoms with Crippen LogP contribution in [-0.2, 0) is 22.7 Å². The summed E-state index contributed by atoms with van der Waals surface area (Å²) in [5, 5.41) is 17.5. The van der Waals surface area contributed by atoms with Gasteiger partial charge in [-0.05, 0) is 42.7 Å². The number of halogens is 2. The first-order valence-corrected chi connectivity index (χ1v) is 12.5. The number of aliphatic hydroxyl groups is 1. The normalized spacial score (nSPS) is 14.1. The van der Waals surface area contributed by atoms with Gasteiger partial charge in [0.15, 0.2) is 0 Å². The van der Waals surface area contributed by atoms with Crippen molar-refractivity contribution < 1.29 is 19.4 Å². The molecule has 0 radical (unpaired) electrons. The van der Waals surface area contributed by atoms with E-state index in [0.717, 1.165) is 15.6 Å². The molecule has 2 aromatic carbocycles. The lowest BCUT2D eigenvalue weighted by Gasteiger charge is -2.30. The Labute approximate surface area is 217 Å². The third kappa shape index (κ3) is 6.62. The van der Waals surface area contributed by atoms with Crippen LogP contribution in [0.4, 0.5) is 10.6 Å². The average molecular weight is 562 g/mol. The van der Waals surface area contributed by atoms with Crippen LogP contribution in [0.2, 0.25) is 5.02 Å². The third-order valence-electron chi connectivity index (χ3n) is 5.88. The number of hydrogen-bond acceptors (Lipinski definition) is 5. The van der Waals surface area contributed by atoms with Crippen molar-refractivity contribution in [3.05, 3.63) is 69.7 Å². The van der Waals surface area contributed by atoms with E-state index < -0.39 is 0 Å². The fraction of sp³-hybridized carbons (Fsp3) is 0.320. The number of hydrogen-bond donors (Lipinski definition) is 2. The van der Waals surface area contributed by atoms with E-state index in [1.807, 2.05) is 36.4 Å². The number of nitrogens with zero attached hydrogens (tertiary/aromatic N) is 3. The van der Waals surface area contributed by atoms with Gasteiger partial charge in [-0.15, -0.1) is 0 Å². The first-order valence-electron chi connectivity index (χ1n) is 11.3. The van der Waals surface area contributed by atoms with Crippen molar-refractivity contribution in [1.82, 2.24) is 14.7 Å². The number of aromatic nitrogens is 2. The van der Waals surface area contributed by atoms with Crippen molar-refractivity contribution in [3.63, 3.8) is 0 Å². The summed E-state index contributed by atoms with van der Waals surface area (Å²) >= 11 is 9.30. The van der Waals surface area contributed by atoms with Gasteiger partial charge in [0, 0.05) is 40.1 Å². The first kappa shape index (κ1) is 25.2. The fourth-order valence-electron chi connectivity index (χ4n) is 3.91. The summed E-state index contributed by atoms with van der Waals surface area (Å²) in [5.74, 6) is 0.177. The van der Waals surface area contributed by atoms with Crippen molar-refractivity contribution >= 4 is 45.3 Å². The molecule has 0 bridgehead atoms. The molecule has 35 heavy (non-hydrogen) atoms. The maximum Gasteiger partial charge on any atom is 0.410 e. The number of carbonyl (C=O) groups is 2. The Kier molecular flexibility index (Phi) is 8.43. The summed E-state index contributed by atoms with van der Waals surface area (Å²) in [5.41, 5.74) is 2.48. The zero-order valence-corrected chi connectivity index (χ0v) is 21.3. The van der Waals surface area contributed by atoms with E-state index in [0.29, 0.717) is 42.5 Å². The van der Waals surface area contributed by atoms with Crippen LogP contribution in [0.5, 0.6) is 0 Å². The maximum absolute atomic E-state index is 13.0. The van der Waals surface area contributed by atoms with Gasteiger partial charge in [-0.3, -0.25) is 4.79 Å². The number of amides is 2. The van der Waals surface area contributed by atoms with E-state index in [9.17, 15) is 14.7 Å². The summed E-state index contributed by atoms with van der Waals surface area (Å²) in [6.07, 6.45) is 0.685. The molecule has 0 saturated carbocycles. The topological polar surface area (TPSA) is 96.7 Å². The highest BCUT2D eigenvalue weighted by Crippen LogP contribution is 2.26. The van der Waals surface area contributed by atoms with Gasteiger partial charge in [-0.1, -0.05) is 51.8 Å². The predicted octanol–water partition coefficient (Wildman–Crippen LogP) is 4.95. The largest absolute Gasteiger partial charge is 0.445 e. The van der Waals surface area contributed by atoms with Crippen LogP contribution in [0.15, 0.2) is 59.1 Å². The van der Waals surface area contributed by atoms with Gasteiger partial charge in [0.05, 0.1) is 18.8 Å². The van der Waals surface area contributed by atoms with Crippen molar-refractivity contribution in [1.29, 1.82) is 0 Å². The van der Waals surface area contributed by atoms with Crippen LogP contribution in [0.3, 0.4) is 0 Å². The number of aliphatic hydroxyl groups excluding tert-OH is 1. The smallest absolute Gasteiger partial charge is 0.410 e. The van der Waals surface area contributed by atoms with Crippen molar-refractivity contribution in [2.75, 3.05) is 25.0 Å². The molecule has 0 aliphatic carbocycles. The lowest BCUT2D eigenvalue weighted by Crippen LogP contribution is -2.41. The van der Waals surface area contributed by atoms with Gasteiger partial charge in [0.25, 0.3) is 0 Å². The van der Waals surface area contributed by atoms with Gasteiger partial charge < -0.3 is 20.1 Å². The molecule has 8 nitrogen and oxygen atoms in total. The van der Waals surface area contributed by atoms with E-state index in [1.165, 1.54) is 0 Å². The van der Waals surface area contributed by atoms with Crippen LogP contribution < -0.4 is 5.32 Å². The second kappa shape index (κ2) is 11.7. The van der Waals surface area contributed by atoms with E-state index in [4.69, 9.17) is 16.3 Å². The number of nitrogens with one attached hydrogen (secondary N) is 1. The molecule has 184 valence electrons. The summed E-state index contributed by atoms with van der Waals surface area (Å²) in [4.78, 5) is 27.0. The van der Waals surface area contributed by atoms with Gasteiger partial charge in [-0.25, -0.2) is 9.48 Å². The zero-order chi connectivity index (χ0) is 24.8. The Morgan fingerprint density at radius 3 is 2.46 bits per heavy atom. The standard InChI is InChI=1S/C25H26BrClN4O4/c26-20-5-3-18(4-6-20)22-15-23(31(29-22)13-14-32)28-24(33)19-9-11-30(12-10-19)25(34)35-16-17-1-7-21(27)8-2-17/h1-8,15,19,32H,9-14,16H2,(H,28,33). The average Bonchev–Trinajstić information content (AvgIpc) is 3.26. The number of piperidine rings is 1. The molecule has 4 rings (SSSR count). The first-order chi connectivity index (χ1) is 16.9. The van der Waals surface area contributed by atoms with Gasteiger partial charge in [0.1, 0.15) is 12.4 Å². The molecule has 0 unspecified atom stereocenters. The summed E-state index contributed by atoms with van der Waals surface area (Å²) < 4.78 is 7.96. The molecule has 1 aliphatic rings. The number of anilines is 1. The summed E-state index contributed by atoms with van der Waals surface area (Å²) in [6.45, 7) is 1.23. The molecule has 10 heteroatoms. The van der Waals surface area contributed by atoms with Gasteiger partial charge >= 0.3 is 6.09 Å². The van der Waals surface area contributed by atoms with Crippen molar-refractivity contribution in [2.24, 2.45) is 5.92 Å². The van der Waals surface area contributed by atoms with E-state index in [2.05, 4.69) is 26.3 Å². The Bertz CT molecular complexity index is 1160. The molecular weight excluding hydrogens is 536 g/mol. The van der Waals surface area contributed by atoms with Gasteiger partial charge in [0.2, 0.25) is 5.91 Å². The number of carbonyl (C=O) groups excluding carboxylic acids is 2. The van der Waals surface area contributed by atoms with Gasteiger partial charge in [-0.2, -0.15) is 5.10 Å². The van der Waals surface area contributed by atoms with Crippen LogP contribution >= 0.6 is 27.5 Å². The molecule has 0 atom stereocenters. The van der Waals surface area contributed by atoms with E-state index in [-0.39, 0.29) is 37.7 Å². The van der Waals surface area contributed by atoms with Crippen LogP contribution in [0, 0.1) is 5.92 Å². The minimum Gasteiger partial charge on any atom is -0.445 e. The second-order valence-corrected chi connectivity index (χ2v) is 9.65. The second-order valence-electron chi connectivity index (χ2n) is 8.30. The highest BCUT2D eigenvalue weighted by atomic mass is 79.9. The molecule has 2 heterocycles.